The molecule has 1 aliphatic heterocycles. The molecule has 1 saturated carbocycles. The summed E-state index contributed by atoms with van der Waals surface area (Å²) in [5, 5.41) is 2.89. The highest BCUT2D eigenvalue weighted by molar-refractivity contribution is 9.10. The predicted octanol–water partition coefficient (Wildman–Crippen LogP) is 1.95. The van der Waals surface area contributed by atoms with Crippen molar-refractivity contribution in [1.82, 2.24) is 10.0 Å². The Morgan fingerprint density at radius 1 is 1.20 bits per heavy atom. The van der Waals surface area contributed by atoms with Gasteiger partial charge in [0.1, 0.15) is 18.1 Å². The molecule has 0 bridgehead atoms. The molecule has 9 heteroatoms. The van der Waals surface area contributed by atoms with E-state index in [1.165, 1.54) is 13.0 Å². The highest BCUT2D eigenvalue weighted by atomic mass is 79.9. The van der Waals surface area contributed by atoms with Crippen molar-refractivity contribution in [2.45, 2.75) is 49.6 Å². The van der Waals surface area contributed by atoms with Crippen LogP contribution in [0.1, 0.15) is 32.6 Å². The normalized spacial score (nSPS) is 18.8. The second-order valence-electron chi connectivity index (χ2n) is 6.26. The summed E-state index contributed by atoms with van der Waals surface area (Å²) in [5.74, 6) is 0.547. The summed E-state index contributed by atoms with van der Waals surface area (Å²) >= 11 is 3.25. The Balaban J connectivity index is 1.73. The van der Waals surface area contributed by atoms with Gasteiger partial charge in [0.25, 0.3) is 0 Å². The quantitative estimate of drug-likeness (QED) is 0.741. The van der Waals surface area contributed by atoms with Gasteiger partial charge < -0.3 is 14.8 Å². The van der Waals surface area contributed by atoms with Gasteiger partial charge in [0, 0.05) is 16.6 Å². The van der Waals surface area contributed by atoms with Crippen LogP contribution in [-0.2, 0) is 14.8 Å². The third kappa shape index (κ3) is 4.27. The maximum Gasteiger partial charge on any atom is 0.242 e. The Kier molecular flexibility index (Phi) is 5.55. The molecule has 0 spiro atoms. The van der Waals surface area contributed by atoms with Crippen LogP contribution in [0.25, 0.3) is 0 Å². The Morgan fingerprint density at radius 3 is 2.44 bits per heavy atom. The minimum atomic E-state index is -3.90. The number of carbonyl (C=O) groups is 1. The number of hydrogen-bond acceptors (Lipinski definition) is 5. The van der Waals surface area contributed by atoms with Gasteiger partial charge in [-0.15, -0.1) is 0 Å². The number of fused-ring (bicyclic) bond motifs is 1. The average molecular weight is 433 g/mol. The molecular weight excluding hydrogens is 412 g/mol. The lowest BCUT2D eigenvalue weighted by molar-refractivity contribution is -0.123. The van der Waals surface area contributed by atoms with E-state index >= 15 is 0 Å². The first kappa shape index (κ1) is 18.5. The third-order valence-electron chi connectivity index (χ3n) is 4.31. The molecule has 1 aliphatic carbocycles. The molecule has 0 saturated heterocycles. The molecule has 1 atom stereocenters. The molecule has 1 heterocycles. The van der Waals surface area contributed by atoms with Gasteiger partial charge in [-0.1, -0.05) is 12.8 Å². The lowest BCUT2D eigenvalue weighted by Gasteiger charge is -2.21. The zero-order valence-electron chi connectivity index (χ0n) is 13.9. The lowest BCUT2D eigenvalue weighted by atomic mass is 10.2. The number of halogens is 1. The van der Waals surface area contributed by atoms with Crippen molar-refractivity contribution in [3.63, 3.8) is 0 Å². The van der Waals surface area contributed by atoms with Crippen LogP contribution in [0.15, 0.2) is 21.5 Å². The minimum Gasteiger partial charge on any atom is -0.486 e. The van der Waals surface area contributed by atoms with Crippen LogP contribution in [0.5, 0.6) is 11.5 Å². The number of nitrogens with one attached hydrogen (secondary N) is 2. The van der Waals surface area contributed by atoms with E-state index in [9.17, 15) is 13.2 Å². The van der Waals surface area contributed by atoms with Gasteiger partial charge in [-0.2, -0.15) is 4.72 Å². The van der Waals surface area contributed by atoms with Crippen molar-refractivity contribution in [2.24, 2.45) is 0 Å². The molecule has 2 N–H and O–H groups in total. The fourth-order valence-electron chi connectivity index (χ4n) is 3.00. The number of benzene rings is 1. The molecule has 1 amide bonds. The summed E-state index contributed by atoms with van der Waals surface area (Å²) in [6.45, 7) is 2.32. The molecule has 3 rings (SSSR count). The van der Waals surface area contributed by atoms with Gasteiger partial charge in [-0.3, -0.25) is 4.79 Å². The Hall–Kier alpha value is -1.32. The lowest BCUT2D eigenvalue weighted by Crippen LogP contribution is -2.47. The fourth-order valence-corrected chi connectivity index (χ4v) is 5.24. The molecule has 0 radical (unpaired) electrons. The van der Waals surface area contributed by atoms with Crippen LogP contribution >= 0.6 is 15.9 Å². The van der Waals surface area contributed by atoms with E-state index in [1.54, 1.807) is 6.07 Å². The maximum atomic E-state index is 12.7. The molecule has 2 aliphatic rings. The number of hydrogen-bond donors (Lipinski definition) is 2. The molecule has 1 fully saturated rings. The standard InChI is InChI=1S/C16H21BrN2O5S/c1-10(16(20)18-11-4-2-3-5-11)19-25(21,22)15-9-14-13(8-12(15)17)23-6-7-24-14/h8-11,19H,2-7H2,1H3,(H,18,20)/t10-/m0/s1. The monoisotopic (exact) mass is 432 g/mol. The molecule has 25 heavy (non-hydrogen) atoms. The number of rotatable bonds is 5. The highest BCUT2D eigenvalue weighted by Gasteiger charge is 2.28. The summed E-state index contributed by atoms with van der Waals surface area (Å²) in [4.78, 5) is 12.2. The number of ether oxygens (including phenoxy) is 2. The summed E-state index contributed by atoms with van der Waals surface area (Å²) in [6, 6.07) is 2.24. The zero-order chi connectivity index (χ0) is 18.0. The van der Waals surface area contributed by atoms with E-state index in [4.69, 9.17) is 9.47 Å². The molecular formula is C16H21BrN2O5S. The van der Waals surface area contributed by atoms with Crippen molar-refractivity contribution in [3.8, 4) is 11.5 Å². The van der Waals surface area contributed by atoms with Crippen molar-refractivity contribution in [1.29, 1.82) is 0 Å². The second-order valence-corrected chi connectivity index (χ2v) is 8.80. The first-order chi connectivity index (χ1) is 11.9. The number of amides is 1. The van der Waals surface area contributed by atoms with Gasteiger partial charge in [0.05, 0.1) is 6.04 Å². The van der Waals surface area contributed by atoms with E-state index in [-0.39, 0.29) is 16.8 Å². The van der Waals surface area contributed by atoms with Crippen molar-refractivity contribution < 1.29 is 22.7 Å². The van der Waals surface area contributed by atoms with Gasteiger partial charge >= 0.3 is 0 Å². The summed E-state index contributed by atoms with van der Waals surface area (Å²) in [7, 11) is -3.90. The zero-order valence-corrected chi connectivity index (χ0v) is 16.3. The number of sulfonamides is 1. The van der Waals surface area contributed by atoms with E-state index in [0.29, 0.717) is 29.2 Å². The summed E-state index contributed by atoms with van der Waals surface area (Å²) in [5.41, 5.74) is 0. The largest absolute Gasteiger partial charge is 0.486 e. The Morgan fingerprint density at radius 2 is 1.80 bits per heavy atom. The molecule has 7 nitrogen and oxygen atoms in total. The predicted molar refractivity (Wildman–Crippen MR) is 95.3 cm³/mol. The van der Waals surface area contributed by atoms with Gasteiger partial charge in [-0.05, 0) is 41.8 Å². The van der Waals surface area contributed by atoms with Crippen molar-refractivity contribution in [2.75, 3.05) is 13.2 Å². The Bertz CT molecular complexity index is 762. The number of carbonyl (C=O) groups excluding carboxylic acids is 1. The van der Waals surface area contributed by atoms with Crippen LogP contribution in [-0.4, -0.2) is 39.6 Å². The first-order valence-corrected chi connectivity index (χ1v) is 10.6. The molecule has 0 unspecified atom stereocenters. The van der Waals surface area contributed by atoms with Crippen LogP contribution in [0.4, 0.5) is 0 Å². The van der Waals surface area contributed by atoms with E-state index in [0.717, 1.165) is 25.7 Å². The van der Waals surface area contributed by atoms with Crippen LogP contribution in [0, 0.1) is 0 Å². The molecule has 1 aromatic carbocycles. The van der Waals surface area contributed by atoms with E-state index in [2.05, 4.69) is 26.0 Å². The second kappa shape index (κ2) is 7.51. The Labute approximate surface area is 155 Å². The topological polar surface area (TPSA) is 93.7 Å². The van der Waals surface area contributed by atoms with Gasteiger partial charge in [0.15, 0.2) is 11.5 Å². The SMILES string of the molecule is C[C@H](NS(=O)(=O)c1cc2c(cc1Br)OCCO2)C(=O)NC1CCCC1. The highest BCUT2D eigenvalue weighted by Crippen LogP contribution is 2.37. The fraction of sp³-hybridized carbons (Fsp3) is 0.562. The molecule has 0 aromatic heterocycles. The van der Waals surface area contributed by atoms with E-state index < -0.39 is 16.1 Å². The molecule has 1 aromatic rings. The molecule has 138 valence electrons. The summed E-state index contributed by atoms with van der Waals surface area (Å²) < 4.78 is 39.0. The van der Waals surface area contributed by atoms with Crippen LogP contribution < -0.4 is 19.5 Å². The smallest absolute Gasteiger partial charge is 0.242 e. The van der Waals surface area contributed by atoms with E-state index in [1.807, 2.05) is 0 Å². The first-order valence-electron chi connectivity index (χ1n) is 8.28. The van der Waals surface area contributed by atoms with Gasteiger partial charge in [0.2, 0.25) is 15.9 Å². The minimum absolute atomic E-state index is 0.0114. The van der Waals surface area contributed by atoms with Crippen LogP contribution in [0.2, 0.25) is 0 Å². The summed E-state index contributed by atoms with van der Waals surface area (Å²) in [6.07, 6.45) is 4.07. The van der Waals surface area contributed by atoms with Gasteiger partial charge in [-0.25, -0.2) is 8.42 Å². The third-order valence-corrected chi connectivity index (χ3v) is 6.81. The van der Waals surface area contributed by atoms with Crippen molar-refractivity contribution in [3.05, 3.63) is 16.6 Å². The maximum absolute atomic E-state index is 12.7. The van der Waals surface area contributed by atoms with Crippen LogP contribution in [0.3, 0.4) is 0 Å². The average Bonchev–Trinajstić information content (AvgIpc) is 3.06. The van der Waals surface area contributed by atoms with Crippen molar-refractivity contribution >= 4 is 31.9 Å².